The number of halogens is 1. The number of hydrogen-bond acceptors (Lipinski definition) is 7. The zero-order valence-corrected chi connectivity index (χ0v) is 30.0. The van der Waals surface area contributed by atoms with Crippen molar-refractivity contribution in [2.75, 3.05) is 36.6 Å². The second-order valence-electron chi connectivity index (χ2n) is 14.5. The van der Waals surface area contributed by atoms with Gasteiger partial charge in [0.15, 0.2) is 5.60 Å². The number of benzene rings is 2. The summed E-state index contributed by atoms with van der Waals surface area (Å²) in [5, 5.41) is 10.3. The first-order chi connectivity index (χ1) is 23.4. The van der Waals surface area contributed by atoms with Crippen LogP contribution in [0.3, 0.4) is 0 Å². The number of anilines is 2. The molecule has 0 radical (unpaired) electrons. The third-order valence-corrected chi connectivity index (χ3v) is 13.5. The molecule has 5 atom stereocenters. The lowest BCUT2D eigenvalue weighted by Crippen LogP contribution is -2.48. The highest BCUT2D eigenvalue weighted by Gasteiger charge is 2.67. The molecule has 1 spiro atoms. The number of methoxy groups -OCH3 is 1. The van der Waals surface area contributed by atoms with Gasteiger partial charge in [-0.3, -0.25) is 19.2 Å². The molecule has 2 saturated heterocycles. The molecular formula is C37H48FN3O7Si. The summed E-state index contributed by atoms with van der Waals surface area (Å²) in [7, 11) is -2.21. The van der Waals surface area contributed by atoms with Crippen LogP contribution in [0, 0.1) is 5.92 Å². The minimum Gasteiger partial charge on any atom is -0.469 e. The van der Waals surface area contributed by atoms with Crippen molar-refractivity contribution in [1.29, 1.82) is 0 Å². The number of carbonyl (C=O) groups excluding carboxylic acids is 4. The van der Waals surface area contributed by atoms with E-state index in [2.05, 4.69) is 0 Å². The molecule has 49 heavy (non-hydrogen) atoms. The molecule has 2 aromatic carbocycles. The van der Waals surface area contributed by atoms with Gasteiger partial charge in [0.05, 0.1) is 38.0 Å². The van der Waals surface area contributed by atoms with Crippen molar-refractivity contribution in [3.05, 3.63) is 59.2 Å². The Morgan fingerprint density at radius 2 is 1.86 bits per heavy atom. The Bertz CT molecular complexity index is 1610. The number of ether oxygens (including phenoxy) is 2. The number of aliphatic hydroxyl groups excluding tert-OH is 1. The van der Waals surface area contributed by atoms with Gasteiger partial charge in [-0.15, -0.1) is 0 Å². The predicted octanol–water partition coefficient (Wildman–Crippen LogP) is 5.00. The van der Waals surface area contributed by atoms with Crippen LogP contribution in [0.25, 0.3) is 0 Å². The molecule has 0 aliphatic carbocycles. The Morgan fingerprint density at radius 1 is 1.10 bits per heavy atom. The lowest BCUT2D eigenvalue weighted by atomic mass is 9.82. The maximum Gasteiger partial charge on any atom is 0.305 e. The summed E-state index contributed by atoms with van der Waals surface area (Å²) in [6.07, 6.45) is 2.95. The quantitative estimate of drug-likeness (QED) is 0.161. The van der Waals surface area contributed by atoms with Crippen molar-refractivity contribution in [2.45, 2.75) is 101 Å². The first-order valence-electron chi connectivity index (χ1n) is 17.6. The molecule has 0 saturated carbocycles. The van der Waals surface area contributed by atoms with E-state index in [1.54, 1.807) is 27.8 Å². The molecule has 2 aromatic rings. The second kappa shape index (κ2) is 14.0. The van der Waals surface area contributed by atoms with E-state index in [0.717, 1.165) is 24.0 Å². The average molecular weight is 694 g/mol. The molecule has 12 heteroatoms. The van der Waals surface area contributed by atoms with E-state index in [0.29, 0.717) is 62.3 Å². The number of carbonyl (C=O) groups is 4. The molecule has 0 bridgehead atoms. The van der Waals surface area contributed by atoms with E-state index in [4.69, 9.17) is 9.47 Å². The zero-order valence-electron chi connectivity index (χ0n) is 29.0. The molecule has 0 unspecified atom stereocenters. The van der Waals surface area contributed by atoms with Crippen molar-refractivity contribution >= 4 is 43.5 Å². The van der Waals surface area contributed by atoms with Crippen LogP contribution in [0.15, 0.2) is 42.5 Å². The lowest BCUT2D eigenvalue weighted by molar-refractivity contribution is -0.151. The average Bonchev–Trinajstić information content (AvgIpc) is 3.51. The molecule has 4 aliphatic rings. The van der Waals surface area contributed by atoms with Gasteiger partial charge in [-0.2, -0.15) is 0 Å². The summed E-state index contributed by atoms with van der Waals surface area (Å²) in [6.45, 7) is 6.10. The summed E-state index contributed by atoms with van der Waals surface area (Å²) in [5.74, 6) is -1.46. The van der Waals surface area contributed by atoms with Crippen molar-refractivity contribution in [3.8, 4) is 0 Å². The Morgan fingerprint density at radius 3 is 2.55 bits per heavy atom. The second-order valence-corrected chi connectivity index (χ2v) is 18.3. The van der Waals surface area contributed by atoms with E-state index < -0.39 is 37.6 Å². The van der Waals surface area contributed by atoms with Crippen LogP contribution in [0.2, 0.25) is 18.6 Å². The van der Waals surface area contributed by atoms with Gasteiger partial charge < -0.3 is 33.4 Å². The summed E-state index contributed by atoms with van der Waals surface area (Å²) in [5.41, 5.74) is 1.77. The van der Waals surface area contributed by atoms with Gasteiger partial charge in [0.25, 0.3) is 5.91 Å². The summed E-state index contributed by atoms with van der Waals surface area (Å²) >= 11 is 0. The highest BCUT2D eigenvalue weighted by atomic mass is 28.4. The molecule has 4 heterocycles. The van der Waals surface area contributed by atoms with E-state index >= 15 is 4.11 Å². The van der Waals surface area contributed by atoms with Gasteiger partial charge in [-0.25, -0.2) is 0 Å². The van der Waals surface area contributed by atoms with Gasteiger partial charge >= 0.3 is 5.97 Å². The minimum atomic E-state index is -3.55. The number of aliphatic hydroxyl groups is 1. The first-order valence-corrected chi connectivity index (χ1v) is 20.5. The molecule has 4 aliphatic heterocycles. The SMILES string of the molecule is COC(=O)CCCCN1C(=O)[C@]2(O[C@H](CC(=O)N3Cc4ccccc4C[C@H]3CO)[C@@H]([Si](C)(C)F)[C@@H]2C)c2cc(N3CCCCC3=O)ccc21. The summed E-state index contributed by atoms with van der Waals surface area (Å²) < 4.78 is 28.2. The first kappa shape index (κ1) is 35.2. The number of piperidine rings is 1. The molecule has 3 amide bonds. The van der Waals surface area contributed by atoms with Gasteiger partial charge in [0.1, 0.15) is 0 Å². The molecule has 264 valence electrons. The lowest BCUT2D eigenvalue weighted by Gasteiger charge is -2.37. The van der Waals surface area contributed by atoms with Crippen molar-refractivity contribution in [2.24, 2.45) is 5.92 Å². The van der Waals surface area contributed by atoms with E-state index in [-0.39, 0.29) is 43.1 Å². The molecule has 6 rings (SSSR count). The van der Waals surface area contributed by atoms with Crippen molar-refractivity contribution < 1.29 is 37.9 Å². The summed E-state index contributed by atoms with van der Waals surface area (Å²) in [4.78, 5) is 58.7. The van der Waals surface area contributed by atoms with Crippen LogP contribution >= 0.6 is 0 Å². The monoisotopic (exact) mass is 693 g/mol. The number of hydrogen-bond donors (Lipinski definition) is 1. The number of unbranched alkanes of at least 4 members (excludes halogenated alkanes) is 1. The Hall–Kier alpha value is -3.61. The van der Waals surface area contributed by atoms with Gasteiger partial charge in [0, 0.05) is 55.2 Å². The van der Waals surface area contributed by atoms with Gasteiger partial charge in [0.2, 0.25) is 20.2 Å². The van der Waals surface area contributed by atoms with E-state index in [1.165, 1.54) is 7.11 Å². The normalized spacial score (nSPS) is 26.7. The van der Waals surface area contributed by atoms with Crippen molar-refractivity contribution in [1.82, 2.24) is 4.90 Å². The third kappa shape index (κ3) is 6.43. The predicted molar refractivity (Wildman–Crippen MR) is 185 cm³/mol. The highest BCUT2D eigenvalue weighted by molar-refractivity contribution is 6.72. The molecule has 10 nitrogen and oxygen atoms in total. The molecule has 2 fully saturated rings. The Labute approximate surface area is 288 Å². The number of fused-ring (bicyclic) bond motifs is 3. The van der Waals surface area contributed by atoms with Gasteiger partial charge in [-0.1, -0.05) is 31.2 Å². The van der Waals surface area contributed by atoms with Crippen LogP contribution in [-0.4, -0.2) is 81.1 Å². The maximum absolute atomic E-state index is 16.5. The van der Waals surface area contributed by atoms with Crippen LogP contribution in [0.4, 0.5) is 15.5 Å². The van der Waals surface area contributed by atoms with Gasteiger partial charge in [-0.05, 0) is 74.5 Å². The highest BCUT2D eigenvalue weighted by Crippen LogP contribution is 2.60. The number of esters is 1. The topological polar surface area (TPSA) is 117 Å². The minimum absolute atomic E-state index is 0.0184. The van der Waals surface area contributed by atoms with E-state index in [9.17, 15) is 24.3 Å². The Kier molecular flexibility index (Phi) is 10.0. The number of nitrogens with zero attached hydrogens (tertiary/aromatic N) is 3. The smallest absolute Gasteiger partial charge is 0.305 e. The van der Waals surface area contributed by atoms with Crippen LogP contribution in [0.5, 0.6) is 0 Å². The maximum atomic E-state index is 16.5. The van der Waals surface area contributed by atoms with E-state index in [1.807, 2.05) is 49.4 Å². The molecular weight excluding hydrogens is 646 g/mol. The molecule has 1 N–H and O–H groups in total. The van der Waals surface area contributed by atoms with Crippen LogP contribution in [-0.2, 0) is 47.2 Å². The largest absolute Gasteiger partial charge is 0.469 e. The van der Waals surface area contributed by atoms with Crippen LogP contribution < -0.4 is 9.80 Å². The standard InChI is InChI=1S/C37H48FN3O7Si/c1-24-35(49(3,4)38)31(21-33(44)41-22-26-12-6-5-11-25(26)19-28(41)23-42)48-37(24)29-20-27(39-17-9-7-13-32(39)43)15-16-30(29)40(36(37)46)18-10-8-14-34(45)47-2/h5-6,11-12,15-16,20,24,28,31,35,42H,7-10,13-14,17-19,21-23H2,1-4H3/t24-,28-,31+,35-,37+/m0/s1. The molecule has 0 aromatic heterocycles. The fraction of sp³-hybridized carbons (Fsp3) is 0.568. The Balaban J connectivity index is 1.35. The number of amides is 3. The van der Waals surface area contributed by atoms with Crippen molar-refractivity contribution in [3.63, 3.8) is 0 Å². The zero-order chi connectivity index (χ0) is 35.1. The fourth-order valence-electron chi connectivity index (χ4n) is 8.68. The fourth-order valence-corrected chi connectivity index (χ4v) is 11.2. The third-order valence-electron chi connectivity index (χ3n) is 11.1. The summed E-state index contributed by atoms with van der Waals surface area (Å²) in [6, 6.07) is 13.0. The number of rotatable bonds is 10. The van der Waals surface area contributed by atoms with Crippen LogP contribution in [0.1, 0.15) is 68.6 Å².